The van der Waals surface area contributed by atoms with E-state index in [9.17, 15) is 4.79 Å². The standard InChI is InChI=1S/C10H13BrN2OS2/c11-7-3-8(16-4-7)1-2-12-10(14)9-5-15-6-13-9/h3-4,9,13H,1-2,5-6H2,(H,12,14). The smallest absolute Gasteiger partial charge is 0.238 e. The summed E-state index contributed by atoms with van der Waals surface area (Å²) in [5.74, 6) is 1.90. The van der Waals surface area contributed by atoms with Crippen LogP contribution >= 0.6 is 39.0 Å². The second kappa shape index (κ2) is 6.05. The van der Waals surface area contributed by atoms with Gasteiger partial charge in [0.1, 0.15) is 0 Å². The van der Waals surface area contributed by atoms with Crippen molar-refractivity contribution in [2.75, 3.05) is 18.2 Å². The van der Waals surface area contributed by atoms with E-state index < -0.39 is 0 Å². The Morgan fingerprint density at radius 2 is 2.56 bits per heavy atom. The number of amides is 1. The quantitative estimate of drug-likeness (QED) is 0.889. The van der Waals surface area contributed by atoms with E-state index in [-0.39, 0.29) is 11.9 Å². The van der Waals surface area contributed by atoms with Gasteiger partial charge in [-0.1, -0.05) is 0 Å². The molecule has 1 saturated heterocycles. The molecule has 0 aromatic carbocycles. The van der Waals surface area contributed by atoms with Crippen molar-refractivity contribution in [3.63, 3.8) is 0 Å². The summed E-state index contributed by atoms with van der Waals surface area (Å²) in [5.41, 5.74) is 0. The molecule has 0 spiro atoms. The molecule has 2 N–H and O–H groups in total. The third kappa shape index (κ3) is 3.48. The van der Waals surface area contributed by atoms with Crippen LogP contribution in [0, 0.1) is 0 Å². The van der Waals surface area contributed by atoms with Crippen molar-refractivity contribution in [2.24, 2.45) is 0 Å². The third-order valence-electron chi connectivity index (χ3n) is 2.33. The lowest BCUT2D eigenvalue weighted by Crippen LogP contribution is -2.42. The molecule has 2 heterocycles. The molecule has 1 aliphatic heterocycles. The Bertz CT molecular complexity index is 363. The number of thiophene rings is 1. The molecule has 2 rings (SSSR count). The SMILES string of the molecule is O=C(NCCc1cc(Br)cs1)C1CSCN1. The topological polar surface area (TPSA) is 41.1 Å². The number of halogens is 1. The largest absolute Gasteiger partial charge is 0.354 e. The molecule has 0 aliphatic carbocycles. The van der Waals surface area contributed by atoms with Gasteiger partial charge in [0.05, 0.1) is 6.04 Å². The van der Waals surface area contributed by atoms with Crippen LogP contribution in [-0.2, 0) is 11.2 Å². The summed E-state index contributed by atoms with van der Waals surface area (Å²) in [5, 5.41) is 8.18. The van der Waals surface area contributed by atoms with Crippen molar-refractivity contribution in [3.05, 3.63) is 20.8 Å². The van der Waals surface area contributed by atoms with Gasteiger partial charge in [-0.15, -0.1) is 23.1 Å². The van der Waals surface area contributed by atoms with E-state index in [0.29, 0.717) is 6.54 Å². The molecule has 3 nitrogen and oxygen atoms in total. The van der Waals surface area contributed by atoms with E-state index in [1.54, 1.807) is 23.1 Å². The number of carbonyl (C=O) groups excluding carboxylic acids is 1. The zero-order valence-corrected chi connectivity index (χ0v) is 11.9. The first-order valence-corrected chi connectivity index (χ1v) is 7.90. The summed E-state index contributed by atoms with van der Waals surface area (Å²) < 4.78 is 1.12. The molecular formula is C10H13BrN2OS2. The van der Waals surface area contributed by atoms with Gasteiger partial charge in [0.25, 0.3) is 0 Å². The van der Waals surface area contributed by atoms with Crippen molar-refractivity contribution in [1.82, 2.24) is 10.6 Å². The van der Waals surface area contributed by atoms with Crippen LogP contribution in [0.15, 0.2) is 15.9 Å². The molecule has 1 fully saturated rings. The molecule has 6 heteroatoms. The molecule has 0 saturated carbocycles. The van der Waals surface area contributed by atoms with Gasteiger partial charge in [-0.05, 0) is 28.4 Å². The van der Waals surface area contributed by atoms with Crippen LogP contribution in [0.25, 0.3) is 0 Å². The van der Waals surface area contributed by atoms with Crippen molar-refractivity contribution < 1.29 is 4.79 Å². The number of carbonyl (C=O) groups is 1. The fraction of sp³-hybridized carbons (Fsp3) is 0.500. The molecule has 1 amide bonds. The van der Waals surface area contributed by atoms with Crippen LogP contribution in [0.5, 0.6) is 0 Å². The minimum absolute atomic E-state index is 0.0000665. The lowest BCUT2D eigenvalue weighted by Gasteiger charge is -2.09. The van der Waals surface area contributed by atoms with E-state index in [1.165, 1.54) is 4.88 Å². The zero-order chi connectivity index (χ0) is 11.4. The molecule has 0 bridgehead atoms. The third-order valence-corrected chi connectivity index (χ3v) is 5.02. The van der Waals surface area contributed by atoms with Gasteiger partial charge in [0.2, 0.25) is 5.91 Å². The lowest BCUT2D eigenvalue weighted by molar-refractivity contribution is -0.122. The van der Waals surface area contributed by atoms with E-state index in [1.807, 2.05) is 0 Å². The van der Waals surface area contributed by atoms with Crippen LogP contribution in [0.3, 0.4) is 0 Å². The maximum atomic E-state index is 11.6. The van der Waals surface area contributed by atoms with Crippen LogP contribution < -0.4 is 10.6 Å². The average Bonchev–Trinajstić information content (AvgIpc) is 2.89. The first kappa shape index (κ1) is 12.4. The van der Waals surface area contributed by atoms with E-state index in [4.69, 9.17) is 0 Å². The molecule has 16 heavy (non-hydrogen) atoms. The Morgan fingerprint density at radius 3 is 3.19 bits per heavy atom. The summed E-state index contributed by atoms with van der Waals surface area (Å²) >= 11 is 6.90. The van der Waals surface area contributed by atoms with Gasteiger partial charge in [0.15, 0.2) is 0 Å². The van der Waals surface area contributed by atoms with E-state index in [2.05, 4.69) is 38.0 Å². The summed E-state index contributed by atoms with van der Waals surface area (Å²) in [6, 6.07) is 2.10. The Kier molecular flexibility index (Phi) is 4.69. The van der Waals surface area contributed by atoms with Crippen LogP contribution in [0.4, 0.5) is 0 Å². The fourth-order valence-electron chi connectivity index (χ4n) is 1.48. The van der Waals surface area contributed by atoms with Crippen LogP contribution in [0.2, 0.25) is 0 Å². The number of hydrogen-bond donors (Lipinski definition) is 2. The Morgan fingerprint density at radius 1 is 1.69 bits per heavy atom. The molecule has 1 aromatic heterocycles. The molecule has 1 aliphatic rings. The van der Waals surface area contributed by atoms with Crippen molar-refractivity contribution in [3.8, 4) is 0 Å². The van der Waals surface area contributed by atoms with E-state index in [0.717, 1.165) is 22.5 Å². The minimum Gasteiger partial charge on any atom is -0.354 e. The predicted octanol–water partition coefficient (Wildman–Crippen LogP) is 1.83. The maximum Gasteiger partial charge on any atom is 0.238 e. The maximum absolute atomic E-state index is 11.6. The molecular weight excluding hydrogens is 308 g/mol. The monoisotopic (exact) mass is 320 g/mol. The van der Waals surface area contributed by atoms with E-state index >= 15 is 0 Å². The summed E-state index contributed by atoms with van der Waals surface area (Å²) in [7, 11) is 0. The van der Waals surface area contributed by atoms with Crippen molar-refractivity contribution in [2.45, 2.75) is 12.5 Å². The number of hydrogen-bond acceptors (Lipinski definition) is 4. The molecule has 1 unspecified atom stereocenters. The highest BCUT2D eigenvalue weighted by Crippen LogP contribution is 2.19. The highest BCUT2D eigenvalue weighted by molar-refractivity contribution is 9.10. The summed E-state index contributed by atoms with van der Waals surface area (Å²) in [6.45, 7) is 0.717. The predicted molar refractivity (Wildman–Crippen MR) is 73.0 cm³/mol. The first-order valence-electron chi connectivity index (χ1n) is 5.07. The van der Waals surface area contributed by atoms with Gasteiger partial charge in [-0.25, -0.2) is 0 Å². The van der Waals surface area contributed by atoms with Gasteiger partial charge in [0, 0.05) is 32.9 Å². The normalized spacial score (nSPS) is 19.9. The highest BCUT2D eigenvalue weighted by atomic mass is 79.9. The van der Waals surface area contributed by atoms with Gasteiger partial charge < -0.3 is 5.32 Å². The number of thioether (sulfide) groups is 1. The molecule has 88 valence electrons. The highest BCUT2D eigenvalue weighted by Gasteiger charge is 2.21. The van der Waals surface area contributed by atoms with Gasteiger partial charge in [-0.2, -0.15) is 0 Å². The zero-order valence-electron chi connectivity index (χ0n) is 8.66. The second-order valence-corrected chi connectivity index (χ2v) is 6.49. The summed E-state index contributed by atoms with van der Waals surface area (Å²) in [4.78, 5) is 12.9. The van der Waals surface area contributed by atoms with Crippen molar-refractivity contribution >= 4 is 44.9 Å². The number of nitrogens with one attached hydrogen (secondary N) is 2. The first-order chi connectivity index (χ1) is 7.75. The Hall–Kier alpha value is -0.0400. The minimum atomic E-state index is 0.0000665. The number of rotatable bonds is 4. The van der Waals surface area contributed by atoms with Crippen LogP contribution in [-0.4, -0.2) is 30.1 Å². The Balaban J connectivity index is 1.69. The second-order valence-electron chi connectivity index (χ2n) is 3.54. The Labute approximate surface area is 112 Å². The molecule has 1 aromatic rings. The average molecular weight is 321 g/mol. The summed E-state index contributed by atoms with van der Waals surface area (Å²) in [6.07, 6.45) is 0.905. The fourth-order valence-corrected chi connectivity index (χ4v) is 3.88. The van der Waals surface area contributed by atoms with Gasteiger partial charge in [-0.3, -0.25) is 10.1 Å². The lowest BCUT2D eigenvalue weighted by atomic mass is 10.3. The molecule has 1 atom stereocenters. The van der Waals surface area contributed by atoms with Crippen LogP contribution in [0.1, 0.15) is 4.88 Å². The van der Waals surface area contributed by atoms with Crippen molar-refractivity contribution in [1.29, 1.82) is 0 Å². The molecule has 0 radical (unpaired) electrons. The van der Waals surface area contributed by atoms with Gasteiger partial charge >= 0.3 is 0 Å².